The van der Waals surface area contributed by atoms with Gasteiger partial charge in [0, 0.05) is 24.5 Å². The van der Waals surface area contributed by atoms with E-state index in [0.717, 1.165) is 22.6 Å². The lowest BCUT2D eigenvalue weighted by Gasteiger charge is -2.23. The number of aliphatic hydroxyl groups excluding tert-OH is 1. The van der Waals surface area contributed by atoms with Crippen molar-refractivity contribution in [3.63, 3.8) is 0 Å². The van der Waals surface area contributed by atoms with Gasteiger partial charge in [-0.3, -0.25) is 4.79 Å². The van der Waals surface area contributed by atoms with Crippen LogP contribution in [0.1, 0.15) is 27.7 Å². The lowest BCUT2D eigenvalue weighted by atomic mass is 10.1. The number of rotatable bonds is 7. The zero-order valence-electron chi connectivity index (χ0n) is 20.1. The number of aliphatic hydroxyl groups is 1. The summed E-state index contributed by atoms with van der Waals surface area (Å²) in [5.41, 5.74) is 3.82. The number of nitrogens with zero attached hydrogens (tertiary/aromatic N) is 4. The monoisotopic (exact) mass is 485 g/mol. The summed E-state index contributed by atoms with van der Waals surface area (Å²) >= 11 is 0. The number of β-amino-alcohol motifs (C(OH)–C–C–N with tert-alkyl or cyclic N) is 1. The molecule has 0 radical (unpaired) electrons. The van der Waals surface area contributed by atoms with E-state index in [1.807, 2.05) is 66.2 Å². The number of benzene rings is 2. The molecule has 3 heterocycles. The first kappa shape index (κ1) is 23.4. The fourth-order valence-corrected chi connectivity index (χ4v) is 4.21. The van der Waals surface area contributed by atoms with E-state index < -0.39 is 6.10 Å². The van der Waals surface area contributed by atoms with Gasteiger partial charge in [0.05, 0.1) is 38.0 Å². The molecule has 184 valence electrons. The number of pyridine rings is 1. The van der Waals surface area contributed by atoms with Gasteiger partial charge in [-0.2, -0.15) is 4.98 Å². The Hall–Kier alpha value is -4.37. The summed E-state index contributed by atoms with van der Waals surface area (Å²) in [6, 6.07) is 18.9. The third-order valence-corrected chi connectivity index (χ3v) is 6.00. The molecule has 36 heavy (non-hydrogen) atoms. The van der Waals surface area contributed by atoms with Crippen molar-refractivity contribution in [1.82, 2.24) is 19.4 Å². The second-order valence-electron chi connectivity index (χ2n) is 8.48. The number of aryl methyl sites for hydroxylation is 1. The summed E-state index contributed by atoms with van der Waals surface area (Å²) in [5.74, 6) is 1.22. The molecular formula is C27H27N5O4. The van der Waals surface area contributed by atoms with E-state index in [-0.39, 0.29) is 24.9 Å². The first-order chi connectivity index (χ1) is 17.6. The van der Waals surface area contributed by atoms with Gasteiger partial charge in [-0.1, -0.05) is 30.3 Å². The van der Waals surface area contributed by atoms with Crippen molar-refractivity contribution < 1.29 is 19.4 Å². The first-order valence-corrected chi connectivity index (χ1v) is 11.6. The fourth-order valence-electron chi connectivity index (χ4n) is 4.21. The number of ether oxygens (including phenoxy) is 2. The zero-order valence-corrected chi connectivity index (χ0v) is 20.1. The molecule has 9 heteroatoms. The van der Waals surface area contributed by atoms with Gasteiger partial charge in [0.15, 0.2) is 0 Å². The number of anilines is 2. The molecule has 0 saturated carbocycles. The van der Waals surface area contributed by atoms with Crippen LogP contribution in [0.15, 0.2) is 73.2 Å². The number of aromatic nitrogens is 3. The van der Waals surface area contributed by atoms with Crippen molar-refractivity contribution in [3.05, 3.63) is 90.0 Å². The van der Waals surface area contributed by atoms with E-state index >= 15 is 0 Å². The van der Waals surface area contributed by atoms with Crippen molar-refractivity contribution in [2.75, 3.05) is 32.1 Å². The quantitative estimate of drug-likeness (QED) is 0.409. The van der Waals surface area contributed by atoms with Crippen LogP contribution in [0.25, 0.3) is 5.69 Å². The van der Waals surface area contributed by atoms with Crippen molar-refractivity contribution in [3.8, 4) is 17.3 Å². The lowest BCUT2D eigenvalue weighted by molar-refractivity contribution is 0.0668. The molecule has 5 rings (SSSR count). The molecule has 0 aliphatic carbocycles. The Balaban J connectivity index is 1.45. The number of carbonyl (C=O) groups excluding carboxylic acids is 1. The van der Waals surface area contributed by atoms with Crippen LogP contribution in [-0.4, -0.2) is 57.3 Å². The predicted molar refractivity (Wildman–Crippen MR) is 135 cm³/mol. The minimum atomic E-state index is -0.413. The van der Waals surface area contributed by atoms with Gasteiger partial charge in [-0.25, -0.2) is 4.98 Å². The average molecular weight is 486 g/mol. The summed E-state index contributed by atoms with van der Waals surface area (Å²) in [5, 5.41) is 12.8. The maximum absolute atomic E-state index is 13.2. The summed E-state index contributed by atoms with van der Waals surface area (Å²) < 4.78 is 13.8. The SMILES string of the molecule is COc1cc(Nc2ccc3c(n2)OC(c2ccccc2)CN(CCO)C3=O)ccc1-n1cnc(C)c1. The van der Waals surface area contributed by atoms with E-state index in [1.54, 1.807) is 30.5 Å². The third kappa shape index (κ3) is 4.73. The normalized spacial score (nSPS) is 15.1. The predicted octanol–water partition coefficient (Wildman–Crippen LogP) is 3.90. The number of imidazole rings is 1. The lowest BCUT2D eigenvalue weighted by Crippen LogP contribution is -2.36. The van der Waals surface area contributed by atoms with Gasteiger partial charge >= 0.3 is 0 Å². The highest BCUT2D eigenvalue weighted by Crippen LogP contribution is 2.33. The number of hydrogen-bond acceptors (Lipinski definition) is 7. The van der Waals surface area contributed by atoms with Crippen LogP contribution in [-0.2, 0) is 0 Å². The molecule has 9 nitrogen and oxygen atoms in total. The van der Waals surface area contributed by atoms with Crippen LogP contribution in [0.2, 0.25) is 0 Å². The van der Waals surface area contributed by atoms with Crippen LogP contribution in [0.4, 0.5) is 11.5 Å². The van der Waals surface area contributed by atoms with Gasteiger partial charge < -0.3 is 29.4 Å². The highest BCUT2D eigenvalue weighted by atomic mass is 16.5. The number of fused-ring (bicyclic) bond motifs is 1. The maximum atomic E-state index is 13.2. The molecule has 0 bridgehead atoms. The zero-order chi connectivity index (χ0) is 25.1. The third-order valence-electron chi connectivity index (χ3n) is 6.00. The summed E-state index contributed by atoms with van der Waals surface area (Å²) in [7, 11) is 1.62. The molecule has 2 aromatic heterocycles. The molecule has 1 unspecified atom stereocenters. The van der Waals surface area contributed by atoms with Crippen LogP contribution in [0, 0.1) is 6.92 Å². The first-order valence-electron chi connectivity index (χ1n) is 11.6. The Morgan fingerprint density at radius 1 is 1.17 bits per heavy atom. The minimum absolute atomic E-state index is 0.133. The Bertz CT molecular complexity index is 1370. The average Bonchev–Trinajstić information content (AvgIpc) is 3.28. The topological polar surface area (TPSA) is 102 Å². The van der Waals surface area contributed by atoms with Crippen molar-refractivity contribution in [2.24, 2.45) is 0 Å². The molecule has 0 fully saturated rings. The molecule has 2 N–H and O–H groups in total. The molecule has 1 atom stereocenters. The molecular weight excluding hydrogens is 458 g/mol. The number of hydrogen-bond donors (Lipinski definition) is 2. The minimum Gasteiger partial charge on any atom is -0.494 e. The maximum Gasteiger partial charge on any atom is 0.259 e. The summed E-state index contributed by atoms with van der Waals surface area (Å²) in [6.07, 6.45) is 3.26. The Labute approximate surface area is 209 Å². The second kappa shape index (κ2) is 10.1. The molecule has 2 aromatic carbocycles. The van der Waals surface area contributed by atoms with E-state index in [2.05, 4.69) is 15.3 Å². The highest BCUT2D eigenvalue weighted by molar-refractivity contribution is 5.97. The number of methoxy groups -OCH3 is 1. The van der Waals surface area contributed by atoms with Crippen molar-refractivity contribution in [2.45, 2.75) is 13.0 Å². The van der Waals surface area contributed by atoms with Crippen molar-refractivity contribution >= 4 is 17.4 Å². The molecule has 1 aliphatic rings. The summed E-state index contributed by atoms with van der Waals surface area (Å²) in [4.78, 5) is 23.7. The van der Waals surface area contributed by atoms with Gasteiger partial charge in [-0.15, -0.1) is 0 Å². The Kier molecular flexibility index (Phi) is 6.55. The Morgan fingerprint density at radius 2 is 2.00 bits per heavy atom. The van der Waals surface area contributed by atoms with Gasteiger partial charge in [0.25, 0.3) is 5.91 Å². The highest BCUT2D eigenvalue weighted by Gasteiger charge is 2.30. The number of nitrogens with one attached hydrogen (secondary N) is 1. The van der Waals surface area contributed by atoms with Gasteiger partial charge in [0.2, 0.25) is 5.88 Å². The largest absolute Gasteiger partial charge is 0.494 e. The smallest absolute Gasteiger partial charge is 0.259 e. The van der Waals surface area contributed by atoms with Gasteiger partial charge in [-0.05, 0) is 36.8 Å². The van der Waals surface area contributed by atoms with Crippen LogP contribution in [0.3, 0.4) is 0 Å². The molecule has 0 spiro atoms. The molecule has 1 aliphatic heterocycles. The van der Waals surface area contributed by atoms with E-state index in [1.165, 1.54) is 0 Å². The standard InChI is InChI=1S/C27H27N5O4/c1-18-15-32(17-28-18)22-10-8-20(14-23(22)35-2)29-25-11-9-21-26(30-25)36-24(19-6-4-3-5-7-19)16-31(12-13-33)27(21)34/h3-11,14-15,17,24,33H,12-13,16H2,1-2H3,(H,29,30). The molecule has 4 aromatic rings. The van der Waals surface area contributed by atoms with Crippen LogP contribution < -0.4 is 14.8 Å². The van der Waals surface area contributed by atoms with Crippen LogP contribution in [0.5, 0.6) is 11.6 Å². The number of carbonyl (C=O) groups is 1. The van der Waals surface area contributed by atoms with Crippen molar-refractivity contribution in [1.29, 1.82) is 0 Å². The second-order valence-corrected chi connectivity index (χ2v) is 8.48. The van der Waals surface area contributed by atoms with E-state index in [9.17, 15) is 9.90 Å². The van der Waals surface area contributed by atoms with Crippen LogP contribution >= 0.6 is 0 Å². The molecule has 0 saturated heterocycles. The summed E-state index contributed by atoms with van der Waals surface area (Å²) in [6.45, 7) is 2.33. The Morgan fingerprint density at radius 3 is 2.72 bits per heavy atom. The van der Waals surface area contributed by atoms with Gasteiger partial charge in [0.1, 0.15) is 23.2 Å². The fraction of sp³-hybridized carbons (Fsp3) is 0.222. The number of amides is 1. The van der Waals surface area contributed by atoms with E-state index in [4.69, 9.17) is 9.47 Å². The van der Waals surface area contributed by atoms with E-state index in [0.29, 0.717) is 23.7 Å². The molecule has 1 amide bonds.